The number of aromatic nitrogens is 1. The number of pyridine rings is 1. The van der Waals surface area contributed by atoms with Gasteiger partial charge in [-0.3, -0.25) is 14.2 Å². The van der Waals surface area contributed by atoms with Crippen molar-refractivity contribution < 1.29 is 33.0 Å². The summed E-state index contributed by atoms with van der Waals surface area (Å²) in [6.07, 6.45) is 1.49. The summed E-state index contributed by atoms with van der Waals surface area (Å²) in [5.74, 6) is -2.22. The summed E-state index contributed by atoms with van der Waals surface area (Å²) < 4.78 is 34.6. The molecule has 1 saturated heterocycles. The largest absolute Gasteiger partial charge is 0.497 e. The number of thioether (sulfide) groups is 1. The number of carbonyl (C=O) groups excluding carboxylic acids is 2. The first kappa shape index (κ1) is 45.0. The summed E-state index contributed by atoms with van der Waals surface area (Å²) >= 11 is 1.38. The van der Waals surface area contributed by atoms with Crippen molar-refractivity contribution in [2.75, 3.05) is 19.5 Å². The number of hydrogen-bond acceptors (Lipinski definition) is 8. The first-order valence-electron chi connectivity index (χ1n) is 20.3. The van der Waals surface area contributed by atoms with Crippen LogP contribution in [-0.2, 0) is 25.4 Å². The van der Waals surface area contributed by atoms with Crippen LogP contribution in [-0.4, -0.2) is 78.4 Å². The minimum Gasteiger partial charge on any atom is -0.497 e. The molecule has 0 saturated carbocycles. The van der Waals surface area contributed by atoms with Gasteiger partial charge in [-0.25, -0.2) is 4.79 Å². The monoisotopic (exact) mass is 866 g/mol. The number of amides is 1. The van der Waals surface area contributed by atoms with Crippen molar-refractivity contribution >= 4 is 60.2 Å². The SMILES string of the molecule is COc1ccc(COC(=O)C(N2C(=O)[C@H]([C@@H](C)O[Si](C)(C)C(C)(C)C)[C@H]2[C@@H](CF)[C@H](O)CSc2ccncc2)=P(c2ccccc2)(c2ccccc2)c2ccccc2)cc1. The molecular formula is C48H56FN2O6PSSi. The summed E-state index contributed by atoms with van der Waals surface area (Å²) in [5, 5.41) is 14.3. The number of benzene rings is 4. The van der Waals surface area contributed by atoms with E-state index in [1.54, 1.807) is 31.6 Å². The molecular weight excluding hydrogens is 811 g/mol. The fourth-order valence-corrected chi connectivity index (χ4v) is 14.4. The van der Waals surface area contributed by atoms with E-state index in [0.29, 0.717) is 5.75 Å². The van der Waals surface area contributed by atoms with Crippen molar-refractivity contribution in [1.29, 1.82) is 0 Å². The van der Waals surface area contributed by atoms with Crippen molar-refractivity contribution in [3.63, 3.8) is 0 Å². The molecule has 316 valence electrons. The second-order valence-electron chi connectivity index (χ2n) is 16.6. The second kappa shape index (κ2) is 19.5. The van der Waals surface area contributed by atoms with Gasteiger partial charge in [0, 0.05) is 35.8 Å². The molecule has 1 N–H and O–H groups in total. The summed E-state index contributed by atoms with van der Waals surface area (Å²) in [7, 11) is -0.879. The van der Waals surface area contributed by atoms with Crippen LogP contribution in [0.5, 0.6) is 5.75 Å². The molecule has 1 aliphatic heterocycles. The molecule has 0 radical (unpaired) electrons. The van der Waals surface area contributed by atoms with Gasteiger partial charge >= 0.3 is 5.97 Å². The van der Waals surface area contributed by atoms with Crippen LogP contribution in [0, 0.1) is 11.8 Å². The van der Waals surface area contributed by atoms with Gasteiger partial charge in [-0.2, -0.15) is 0 Å². The van der Waals surface area contributed by atoms with Crippen LogP contribution < -0.4 is 20.7 Å². The summed E-state index contributed by atoms with van der Waals surface area (Å²) in [4.78, 5) is 37.4. The fraction of sp³-hybridized carbons (Fsp3) is 0.333. The molecule has 60 heavy (non-hydrogen) atoms. The Balaban J connectivity index is 1.62. The van der Waals surface area contributed by atoms with Gasteiger partial charge in [-0.05, 0) is 70.8 Å². The highest BCUT2D eigenvalue weighted by molar-refractivity contribution is 7.99. The molecule has 8 nitrogen and oxygen atoms in total. The van der Waals surface area contributed by atoms with E-state index >= 15 is 14.0 Å². The van der Waals surface area contributed by atoms with Gasteiger partial charge in [0.15, 0.2) is 8.32 Å². The van der Waals surface area contributed by atoms with E-state index < -0.39 is 57.9 Å². The Bertz CT molecular complexity index is 2140. The minimum absolute atomic E-state index is 0.0938. The van der Waals surface area contributed by atoms with E-state index in [9.17, 15) is 5.11 Å². The molecule has 4 aromatic carbocycles. The lowest BCUT2D eigenvalue weighted by molar-refractivity contribution is -0.163. The lowest BCUT2D eigenvalue weighted by Gasteiger charge is -2.55. The Hall–Kier alpha value is -4.51. The van der Waals surface area contributed by atoms with Gasteiger partial charge in [-0.15, -0.1) is 11.8 Å². The van der Waals surface area contributed by atoms with Gasteiger partial charge in [0.25, 0.3) is 0 Å². The van der Waals surface area contributed by atoms with Crippen LogP contribution in [0.2, 0.25) is 18.1 Å². The molecule has 0 unspecified atom stereocenters. The molecule has 0 bridgehead atoms. The van der Waals surface area contributed by atoms with Gasteiger partial charge < -0.3 is 23.9 Å². The predicted molar refractivity (Wildman–Crippen MR) is 245 cm³/mol. The molecule has 5 aromatic rings. The van der Waals surface area contributed by atoms with Gasteiger partial charge in [0.2, 0.25) is 5.91 Å². The Morgan fingerprint density at radius 1 is 0.867 bits per heavy atom. The maximum Gasteiger partial charge on any atom is 0.356 e. The number of carbonyl (C=O) groups is 2. The number of alkyl halides is 1. The third-order valence-corrected chi connectivity index (χ3v) is 21.8. The van der Waals surface area contributed by atoms with Crippen molar-refractivity contribution in [3.05, 3.63) is 145 Å². The Kier molecular flexibility index (Phi) is 14.6. The number of methoxy groups -OCH3 is 1. The molecule has 0 aliphatic carbocycles. The number of esters is 1. The molecule has 5 atom stereocenters. The van der Waals surface area contributed by atoms with Crippen LogP contribution in [0.4, 0.5) is 4.39 Å². The van der Waals surface area contributed by atoms with E-state index in [2.05, 4.69) is 38.8 Å². The van der Waals surface area contributed by atoms with Gasteiger partial charge in [0.1, 0.15) is 17.8 Å². The molecule has 1 fully saturated rings. The zero-order valence-corrected chi connectivity index (χ0v) is 38.1. The summed E-state index contributed by atoms with van der Waals surface area (Å²) in [6, 6.07) is 39.1. The fourth-order valence-electron chi connectivity index (χ4n) is 7.69. The molecule has 1 amide bonds. The Morgan fingerprint density at radius 2 is 1.38 bits per heavy atom. The number of nitrogens with zero attached hydrogens (tertiary/aromatic N) is 2. The van der Waals surface area contributed by atoms with Crippen LogP contribution in [0.25, 0.3) is 0 Å². The number of ether oxygens (including phenoxy) is 2. The average molecular weight is 867 g/mol. The highest BCUT2D eigenvalue weighted by Gasteiger charge is 2.60. The van der Waals surface area contributed by atoms with Crippen LogP contribution in [0.15, 0.2) is 145 Å². The molecule has 12 heteroatoms. The van der Waals surface area contributed by atoms with Crippen LogP contribution in [0.1, 0.15) is 33.3 Å². The predicted octanol–water partition coefficient (Wildman–Crippen LogP) is 8.23. The standard InChI is InChI=1S/C48H56FN2O6PSSi/c1-34(57-60(6,7)48(2,3)4)43-44(41(31-49)42(52)33-59-40-27-29-50-30-28-40)51(45(43)53)46(47(54)56-32-35-23-25-36(55-5)26-24-35)58(37-17-11-8-12-18-37,38-19-13-9-14-20-38)39-21-15-10-16-22-39/h8-30,34,41-44,52H,31-33H2,1-7H3/t34-,41+,42-,43-,44-/m1/s1. The molecule has 1 aromatic heterocycles. The number of aliphatic hydroxyl groups excluding tert-OH is 1. The first-order valence-corrected chi connectivity index (χ1v) is 25.9. The lowest BCUT2D eigenvalue weighted by Crippen LogP contribution is -2.72. The quantitative estimate of drug-likeness (QED) is 0.0329. The molecule has 2 heterocycles. The highest BCUT2D eigenvalue weighted by atomic mass is 32.2. The molecule has 6 rings (SSSR count). The topological polar surface area (TPSA) is 98.2 Å². The lowest BCUT2D eigenvalue weighted by atomic mass is 9.74. The Labute approximate surface area is 359 Å². The number of halogens is 1. The third kappa shape index (κ3) is 9.36. The van der Waals surface area contributed by atoms with Crippen LogP contribution in [0.3, 0.4) is 0 Å². The maximum absolute atomic E-state index is 16.1. The van der Waals surface area contributed by atoms with Crippen molar-refractivity contribution in [3.8, 4) is 5.75 Å². The number of aliphatic hydroxyl groups is 1. The molecule has 0 spiro atoms. The number of rotatable bonds is 17. The van der Waals surface area contributed by atoms with E-state index in [1.165, 1.54) is 16.7 Å². The highest BCUT2D eigenvalue weighted by Crippen LogP contribution is 2.51. The number of β-lactam (4-membered cyclic amide) rings is 1. The summed E-state index contributed by atoms with van der Waals surface area (Å²) in [5.41, 5.74) is 0.843. The maximum atomic E-state index is 16.1. The average Bonchev–Trinajstić information content (AvgIpc) is 3.25. The van der Waals surface area contributed by atoms with Gasteiger partial charge in [0.05, 0.1) is 38.0 Å². The van der Waals surface area contributed by atoms with E-state index in [1.807, 2.05) is 122 Å². The zero-order chi connectivity index (χ0) is 43.1. The smallest absolute Gasteiger partial charge is 0.356 e. The molecule has 1 aliphatic rings. The minimum atomic E-state index is -3.34. The second-order valence-corrected chi connectivity index (χ2v) is 25.8. The van der Waals surface area contributed by atoms with Gasteiger partial charge in [-0.1, -0.05) is 124 Å². The van der Waals surface area contributed by atoms with Crippen LogP contribution >= 0.6 is 18.6 Å². The van der Waals surface area contributed by atoms with E-state index in [4.69, 9.17) is 13.9 Å². The van der Waals surface area contributed by atoms with Crippen molar-refractivity contribution in [2.45, 2.75) is 75.6 Å². The number of hydrogen-bond donors (Lipinski definition) is 1. The van der Waals surface area contributed by atoms with E-state index in [-0.39, 0.29) is 28.7 Å². The normalized spacial score (nSPS) is 17.3. The number of likely N-dealkylation sites (tertiary alicyclic amines) is 1. The summed E-state index contributed by atoms with van der Waals surface area (Å²) in [6.45, 7) is 8.13. The zero-order valence-electron chi connectivity index (χ0n) is 35.4. The van der Waals surface area contributed by atoms with Crippen molar-refractivity contribution in [1.82, 2.24) is 9.88 Å². The van der Waals surface area contributed by atoms with Crippen molar-refractivity contribution in [2.24, 2.45) is 11.8 Å². The van der Waals surface area contributed by atoms with E-state index in [0.717, 1.165) is 26.4 Å². The Morgan fingerprint density at radius 3 is 1.85 bits per heavy atom. The third-order valence-electron chi connectivity index (χ3n) is 11.9. The first-order chi connectivity index (χ1) is 28.7.